The van der Waals surface area contributed by atoms with Gasteiger partial charge in [0.05, 0.1) is 5.56 Å². The van der Waals surface area contributed by atoms with Crippen molar-refractivity contribution in [2.24, 2.45) is 0 Å². The number of aryl methyl sites for hydroxylation is 2. The Morgan fingerprint density at radius 3 is 2.42 bits per heavy atom. The Bertz CT molecular complexity index is 1100. The quantitative estimate of drug-likeness (QED) is 0.400. The summed E-state index contributed by atoms with van der Waals surface area (Å²) in [4.78, 5) is 23.4. The van der Waals surface area contributed by atoms with Gasteiger partial charge in [0.25, 0.3) is 5.91 Å². The van der Waals surface area contributed by atoms with E-state index in [1.807, 2.05) is 50.2 Å². The molecule has 0 fully saturated rings. The van der Waals surface area contributed by atoms with Crippen molar-refractivity contribution in [3.8, 4) is 5.75 Å². The third kappa shape index (κ3) is 6.33. The SMILES string of the molecule is Cc1ccc(NC(=O)COc2ccc(Br)cc2CNc2ccc(C(=O)O)cc2C)cc1. The minimum absolute atomic E-state index is 0.116. The van der Waals surface area contributed by atoms with Gasteiger partial charge in [-0.2, -0.15) is 0 Å². The number of carbonyl (C=O) groups excluding carboxylic acids is 1. The Morgan fingerprint density at radius 1 is 1.00 bits per heavy atom. The van der Waals surface area contributed by atoms with Crippen LogP contribution in [0.2, 0.25) is 0 Å². The van der Waals surface area contributed by atoms with Crippen molar-refractivity contribution in [3.05, 3.63) is 87.4 Å². The molecule has 0 aliphatic heterocycles. The van der Waals surface area contributed by atoms with Crippen molar-refractivity contribution in [2.75, 3.05) is 17.2 Å². The predicted molar refractivity (Wildman–Crippen MR) is 125 cm³/mol. The molecule has 31 heavy (non-hydrogen) atoms. The fourth-order valence-corrected chi connectivity index (χ4v) is 3.40. The Morgan fingerprint density at radius 2 is 1.74 bits per heavy atom. The van der Waals surface area contributed by atoms with E-state index in [1.165, 1.54) is 0 Å². The summed E-state index contributed by atoms with van der Waals surface area (Å²) in [6.45, 7) is 4.17. The maximum absolute atomic E-state index is 12.3. The third-order valence-electron chi connectivity index (χ3n) is 4.66. The van der Waals surface area contributed by atoms with Crippen molar-refractivity contribution in [1.82, 2.24) is 0 Å². The van der Waals surface area contributed by atoms with Crippen molar-refractivity contribution >= 4 is 39.2 Å². The van der Waals surface area contributed by atoms with Gasteiger partial charge in [-0.3, -0.25) is 4.79 Å². The molecule has 0 radical (unpaired) electrons. The molecular formula is C24H23BrN2O4. The first-order valence-electron chi connectivity index (χ1n) is 9.67. The lowest BCUT2D eigenvalue weighted by molar-refractivity contribution is -0.118. The highest BCUT2D eigenvalue weighted by Gasteiger charge is 2.10. The van der Waals surface area contributed by atoms with E-state index in [0.717, 1.165) is 32.5 Å². The number of rotatable bonds is 8. The maximum Gasteiger partial charge on any atom is 0.335 e. The van der Waals surface area contributed by atoms with Crippen LogP contribution in [0.1, 0.15) is 27.0 Å². The molecule has 0 atom stereocenters. The standard InChI is InChI=1S/C24H23BrN2O4/c1-15-3-7-20(8-4-15)27-23(28)14-31-22-10-6-19(25)12-18(22)13-26-21-9-5-17(24(29)30)11-16(21)2/h3-12,26H,13-14H2,1-2H3,(H,27,28)(H,29,30). The van der Waals surface area contributed by atoms with Gasteiger partial charge in [0.15, 0.2) is 6.61 Å². The van der Waals surface area contributed by atoms with Crippen LogP contribution >= 0.6 is 15.9 Å². The highest BCUT2D eigenvalue weighted by atomic mass is 79.9. The summed E-state index contributed by atoms with van der Waals surface area (Å²) < 4.78 is 6.66. The maximum atomic E-state index is 12.3. The van der Waals surface area contributed by atoms with E-state index in [1.54, 1.807) is 24.3 Å². The molecule has 160 valence electrons. The number of hydrogen-bond acceptors (Lipinski definition) is 4. The average Bonchev–Trinajstić information content (AvgIpc) is 2.73. The van der Waals surface area contributed by atoms with Crippen LogP contribution < -0.4 is 15.4 Å². The molecule has 0 saturated heterocycles. The summed E-state index contributed by atoms with van der Waals surface area (Å²) in [5.74, 6) is -0.610. The predicted octanol–water partition coefficient (Wildman–Crippen LogP) is 5.39. The molecule has 3 N–H and O–H groups in total. The lowest BCUT2D eigenvalue weighted by Crippen LogP contribution is -2.20. The third-order valence-corrected chi connectivity index (χ3v) is 5.15. The van der Waals surface area contributed by atoms with Gasteiger partial charge >= 0.3 is 5.97 Å². The Hall–Kier alpha value is -3.32. The van der Waals surface area contributed by atoms with Crippen molar-refractivity contribution in [3.63, 3.8) is 0 Å². The average molecular weight is 483 g/mol. The summed E-state index contributed by atoms with van der Waals surface area (Å²) in [6.07, 6.45) is 0. The zero-order chi connectivity index (χ0) is 22.4. The van der Waals surface area contributed by atoms with Gasteiger partial charge in [0.2, 0.25) is 0 Å². The number of nitrogens with one attached hydrogen (secondary N) is 2. The van der Waals surface area contributed by atoms with Crippen molar-refractivity contribution < 1.29 is 19.4 Å². The van der Waals surface area contributed by atoms with Crippen LogP contribution in [0.25, 0.3) is 0 Å². The first-order chi connectivity index (χ1) is 14.8. The molecule has 3 aromatic carbocycles. The monoisotopic (exact) mass is 482 g/mol. The van der Waals surface area contributed by atoms with Gasteiger partial charge in [-0.15, -0.1) is 0 Å². The zero-order valence-electron chi connectivity index (χ0n) is 17.2. The molecule has 0 unspecified atom stereocenters. The van der Waals surface area contributed by atoms with Crippen LogP contribution in [0, 0.1) is 13.8 Å². The topological polar surface area (TPSA) is 87.7 Å². The molecule has 0 spiro atoms. The van der Waals surface area contributed by atoms with Gasteiger partial charge in [-0.25, -0.2) is 4.79 Å². The second-order valence-electron chi connectivity index (χ2n) is 7.14. The fourth-order valence-electron chi connectivity index (χ4n) is 2.99. The number of benzene rings is 3. The van der Waals surface area contributed by atoms with E-state index in [2.05, 4.69) is 26.6 Å². The Kier molecular flexibility index (Phi) is 7.31. The molecule has 3 rings (SSSR count). The van der Waals surface area contributed by atoms with Crippen molar-refractivity contribution in [2.45, 2.75) is 20.4 Å². The summed E-state index contributed by atoms with van der Waals surface area (Å²) in [5.41, 5.74) is 4.60. The lowest BCUT2D eigenvalue weighted by Gasteiger charge is -2.15. The molecule has 6 nitrogen and oxygen atoms in total. The van der Waals surface area contributed by atoms with Gasteiger partial charge in [-0.1, -0.05) is 33.6 Å². The largest absolute Gasteiger partial charge is 0.483 e. The summed E-state index contributed by atoms with van der Waals surface area (Å²) in [7, 11) is 0. The zero-order valence-corrected chi connectivity index (χ0v) is 18.8. The molecule has 0 aliphatic carbocycles. The number of carboxylic acid groups (broad SMARTS) is 1. The number of carbonyl (C=O) groups is 2. The smallest absolute Gasteiger partial charge is 0.335 e. The van der Waals surface area contributed by atoms with Crippen LogP contribution in [-0.2, 0) is 11.3 Å². The molecule has 0 heterocycles. The molecular weight excluding hydrogens is 460 g/mol. The molecule has 0 bridgehead atoms. The van der Waals surface area contributed by atoms with Gasteiger partial charge in [-0.05, 0) is 67.9 Å². The Labute approximate surface area is 189 Å². The highest BCUT2D eigenvalue weighted by Crippen LogP contribution is 2.25. The number of carboxylic acids is 1. The normalized spacial score (nSPS) is 10.4. The lowest BCUT2D eigenvalue weighted by atomic mass is 10.1. The van der Waals surface area contributed by atoms with E-state index >= 15 is 0 Å². The number of anilines is 2. The van der Waals surface area contributed by atoms with Crippen LogP contribution in [0.15, 0.2) is 65.1 Å². The second-order valence-corrected chi connectivity index (χ2v) is 8.06. The van der Waals surface area contributed by atoms with E-state index in [9.17, 15) is 9.59 Å². The van der Waals surface area contributed by atoms with Gasteiger partial charge in [0, 0.05) is 28.0 Å². The highest BCUT2D eigenvalue weighted by molar-refractivity contribution is 9.10. The second kappa shape index (κ2) is 10.1. The summed E-state index contributed by atoms with van der Waals surface area (Å²) in [5, 5.41) is 15.2. The molecule has 7 heteroatoms. The number of amides is 1. The molecule has 0 aliphatic rings. The fraction of sp³-hybridized carbons (Fsp3) is 0.167. The van der Waals surface area contributed by atoms with E-state index in [-0.39, 0.29) is 18.1 Å². The van der Waals surface area contributed by atoms with E-state index in [4.69, 9.17) is 9.84 Å². The van der Waals surface area contributed by atoms with Gasteiger partial charge in [0.1, 0.15) is 5.75 Å². The summed E-state index contributed by atoms with van der Waals surface area (Å²) >= 11 is 3.46. The summed E-state index contributed by atoms with van der Waals surface area (Å²) in [6, 6.07) is 18.1. The first-order valence-corrected chi connectivity index (χ1v) is 10.5. The van der Waals surface area contributed by atoms with Crippen molar-refractivity contribution in [1.29, 1.82) is 0 Å². The Balaban J connectivity index is 1.64. The van der Waals surface area contributed by atoms with Crippen LogP contribution in [0.3, 0.4) is 0 Å². The number of halogens is 1. The van der Waals surface area contributed by atoms with Gasteiger partial charge < -0.3 is 20.5 Å². The molecule has 0 aromatic heterocycles. The van der Waals surface area contributed by atoms with E-state index < -0.39 is 5.97 Å². The van der Waals surface area contributed by atoms with E-state index in [0.29, 0.717) is 12.3 Å². The first kappa shape index (κ1) is 22.4. The molecule has 3 aromatic rings. The number of ether oxygens (including phenoxy) is 1. The van der Waals surface area contributed by atoms with Crippen LogP contribution in [0.5, 0.6) is 5.75 Å². The number of aromatic carboxylic acids is 1. The molecule has 0 saturated carbocycles. The molecule has 1 amide bonds. The number of hydrogen-bond donors (Lipinski definition) is 3. The minimum atomic E-state index is -0.957. The van der Waals surface area contributed by atoms with Crippen LogP contribution in [0.4, 0.5) is 11.4 Å². The van der Waals surface area contributed by atoms with Crippen LogP contribution in [-0.4, -0.2) is 23.6 Å². The minimum Gasteiger partial charge on any atom is -0.483 e.